The molecule has 0 aliphatic heterocycles. The van der Waals surface area contributed by atoms with E-state index in [2.05, 4.69) is 0 Å². The molecule has 0 heterocycles. The van der Waals surface area contributed by atoms with Gasteiger partial charge in [-0.3, -0.25) is 4.79 Å². The van der Waals surface area contributed by atoms with E-state index in [0.717, 1.165) is 0 Å². The minimum atomic E-state index is -1.21. The summed E-state index contributed by atoms with van der Waals surface area (Å²) in [7, 11) is 0. The summed E-state index contributed by atoms with van der Waals surface area (Å²) in [6, 6.07) is -0.622. The fourth-order valence-corrected chi connectivity index (χ4v) is 1.32. The Morgan fingerprint density at radius 2 is 1.87 bits per heavy atom. The summed E-state index contributed by atoms with van der Waals surface area (Å²) in [6.07, 6.45) is 0.505. The maximum atomic E-state index is 11.8. The molecule has 1 amide bonds. The van der Waals surface area contributed by atoms with Gasteiger partial charge >= 0.3 is 5.97 Å². The summed E-state index contributed by atoms with van der Waals surface area (Å²) >= 11 is 0. The van der Waals surface area contributed by atoms with Gasteiger partial charge in [0.15, 0.2) is 0 Å². The molecule has 0 bridgehead atoms. The van der Waals surface area contributed by atoms with Gasteiger partial charge in [-0.05, 0) is 27.2 Å². The first-order chi connectivity index (χ1) is 6.78. The molecule has 0 radical (unpaired) electrons. The van der Waals surface area contributed by atoms with Gasteiger partial charge in [0, 0.05) is 6.54 Å². The number of nitrogens with zero attached hydrogens (tertiary/aromatic N) is 1. The molecule has 1 atom stereocenters. The average Bonchev–Trinajstić information content (AvgIpc) is 2.16. The zero-order valence-electron chi connectivity index (χ0n) is 9.78. The lowest BCUT2D eigenvalue weighted by atomic mass is 10.0. The number of aliphatic carboxylic acids is 1. The van der Waals surface area contributed by atoms with Crippen molar-refractivity contribution < 1.29 is 14.7 Å². The molecule has 0 spiro atoms. The molecule has 0 aliphatic carbocycles. The van der Waals surface area contributed by atoms with Crippen LogP contribution >= 0.6 is 0 Å². The van der Waals surface area contributed by atoms with Crippen molar-refractivity contribution in [2.24, 2.45) is 5.73 Å². The van der Waals surface area contributed by atoms with Crippen LogP contribution in [-0.2, 0) is 9.59 Å². The monoisotopic (exact) mass is 216 g/mol. The predicted octanol–water partition coefficient (Wildman–Crippen LogP) is 0.435. The van der Waals surface area contributed by atoms with E-state index in [-0.39, 0.29) is 5.91 Å². The number of carboxylic acid groups (broad SMARTS) is 1. The molecular weight excluding hydrogens is 196 g/mol. The second-order valence-electron chi connectivity index (χ2n) is 3.96. The first kappa shape index (κ1) is 13.9. The van der Waals surface area contributed by atoms with Crippen LogP contribution in [0.15, 0.2) is 0 Å². The second kappa shape index (κ2) is 5.11. The van der Waals surface area contributed by atoms with Crippen LogP contribution in [-0.4, -0.2) is 40.0 Å². The molecule has 5 heteroatoms. The lowest BCUT2D eigenvalue weighted by Crippen LogP contribution is -2.57. The number of likely N-dealkylation sites (N-methyl/N-ethyl adjacent to an activating group) is 1. The minimum absolute atomic E-state index is 0.313. The topological polar surface area (TPSA) is 83.6 Å². The molecular formula is C10H20N2O3. The molecule has 0 aromatic carbocycles. The normalized spacial score (nSPS) is 13.4. The van der Waals surface area contributed by atoms with E-state index < -0.39 is 17.6 Å². The summed E-state index contributed by atoms with van der Waals surface area (Å²) in [5.74, 6) is -1.34. The van der Waals surface area contributed by atoms with Crippen molar-refractivity contribution in [2.45, 2.75) is 45.7 Å². The Morgan fingerprint density at radius 1 is 1.40 bits per heavy atom. The third kappa shape index (κ3) is 2.92. The molecule has 3 N–H and O–H groups in total. The Bertz CT molecular complexity index is 251. The smallest absolute Gasteiger partial charge is 0.329 e. The zero-order valence-corrected chi connectivity index (χ0v) is 9.78. The largest absolute Gasteiger partial charge is 0.480 e. The number of hydrogen-bond donors (Lipinski definition) is 2. The number of carbonyl (C=O) groups excluding carboxylic acids is 1. The van der Waals surface area contributed by atoms with E-state index in [1.54, 1.807) is 13.8 Å². The van der Waals surface area contributed by atoms with Gasteiger partial charge in [0.2, 0.25) is 5.91 Å². The Labute approximate surface area is 90.2 Å². The molecule has 0 aromatic rings. The van der Waals surface area contributed by atoms with Gasteiger partial charge in [0.05, 0.1) is 6.04 Å². The number of hydrogen-bond acceptors (Lipinski definition) is 3. The zero-order chi connectivity index (χ0) is 12.2. The Balaban J connectivity index is 4.91. The van der Waals surface area contributed by atoms with Gasteiger partial charge in [-0.15, -0.1) is 0 Å². The fourth-order valence-electron chi connectivity index (χ4n) is 1.32. The van der Waals surface area contributed by atoms with E-state index in [9.17, 15) is 9.59 Å². The minimum Gasteiger partial charge on any atom is -0.480 e. The third-order valence-electron chi connectivity index (χ3n) is 2.54. The highest BCUT2D eigenvalue weighted by Crippen LogP contribution is 2.16. The molecule has 0 saturated heterocycles. The Morgan fingerprint density at radius 3 is 2.13 bits per heavy atom. The van der Waals surface area contributed by atoms with E-state index in [4.69, 9.17) is 10.8 Å². The quantitative estimate of drug-likeness (QED) is 0.698. The van der Waals surface area contributed by atoms with Gasteiger partial charge in [-0.1, -0.05) is 6.92 Å². The lowest BCUT2D eigenvalue weighted by molar-refractivity contribution is -0.157. The van der Waals surface area contributed by atoms with Crippen molar-refractivity contribution in [1.82, 2.24) is 4.90 Å². The first-order valence-corrected chi connectivity index (χ1v) is 5.09. The van der Waals surface area contributed by atoms with E-state index in [1.165, 1.54) is 18.7 Å². The summed E-state index contributed by atoms with van der Waals surface area (Å²) < 4.78 is 0. The summed E-state index contributed by atoms with van der Waals surface area (Å²) in [5, 5.41) is 9.01. The summed E-state index contributed by atoms with van der Waals surface area (Å²) in [4.78, 5) is 24.1. The van der Waals surface area contributed by atoms with E-state index in [0.29, 0.717) is 13.0 Å². The van der Waals surface area contributed by atoms with Gasteiger partial charge in [-0.25, -0.2) is 4.79 Å². The lowest BCUT2D eigenvalue weighted by Gasteiger charge is -2.35. The van der Waals surface area contributed by atoms with Crippen molar-refractivity contribution in [2.75, 3.05) is 6.54 Å². The molecule has 0 aromatic heterocycles. The van der Waals surface area contributed by atoms with Crippen LogP contribution in [0.3, 0.4) is 0 Å². The van der Waals surface area contributed by atoms with Crippen molar-refractivity contribution in [1.29, 1.82) is 0 Å². The number of carboxylic acids is 1. The molecule has 0 rings (SSSR count). The fraction of sp³-hybridized carbons (Fsp3) is 0.800. The van der Waals surface area contributed by atoms with Crippen LogP contribution in [0.4, 0.5) is 0 Å². The molecule has 0 aliphatic rings. The maximum Gasteiger partial charge on any atom is 0.329 e. The van der Waals surface area contributed by atoms with Gasteiger partial charge < -0.3 is 15.7 Å². The standard InChI is InChI=1S/C10H20N2O3/c1-5-7(11)8(13)12(6-2)10(3,4)9(14)15/h7H,5-6,11H2,1-4H3,(H,14,15)/t7-/m1/s1. The molecule has 0 unspecified atom stereocenters. The van der Waals surface area contributed by atoms with Crippen LogP contribution in [0.25, 0.3) is 0 Å². The molecule has 0 saturated carbocycles. The van der Waals surface area contributed by atoms with Crippen molar-refractivity contribution in [3.8, 4) is 0 Å². The molecule has 88 valence electrons. The number of rotatable bonds is 5. The second-order valence-corrected chi connectivity index (χ2v) is 3.96. The van der Waals surface area contributed by atoms with Crippen LogP contribution < -0.4 is 5.73 Å². The van der Waals surface area contributed by atoms with Crippen LogP contribution in [0.2, 0.25) is 0 Å². The van der Waals surface area contributed by atoms with Crippen molar-refractivity contribution >= 4 is 11.9 Å². The van der Waals surface area contributed by atoms with Crippen LogP contribution in [0.5, 0.6) is 0 Å². The van der Waals surface area contributed by atoms with Gasteiger partial charge in [0.1, 0.15) is 5.54 Å². The van der Waals surface area contributed by atoms with Gasteiger partial charge in [0.25, 0.3) is 0 Å². The van der Waals surface area contributed by atoms with Crippen molar-refractivity contribution in [3.63, 3.8) is 0 Å². The van der Waals surface area contributed by atoms with Crippen LogP contribution in [0.1, 0.15) is 34.1 Å². The third-order valence-corrected chi connectivity index (χ3v) is 2.54. The van der Waals surface area contributed by atoms with E-state index in [1.807, 2.05) is 0 Å². The number of nitrogens with two attached hydrogens (primary N) is 1. The number of carbonyl (C=O) groups is 2. The van der Waals surface area contributed by atoms with Gasteiger partial charge in [-0.2, -0.15) is 0 Å². The number of amides is 1. The molecule has 5 nitrogen and oxygen atoms in total. The summed E-state index contributed by atoms with van der Waals surface area (Å²) in [6.45, 7) is 6.87. The average molecular weight is 216 g/mol. The SMILES string of the molecule is CC[C@@H](N)C(=O)N(CC)C(C)(C)C(=O)O. The van der Waals surface area contributed by atoms with Crippen molar-refractivity contribution in [3.05, 3.63) is 0 Å². The Hall–Kier alpha value is -1.10. The molecule has 15 heavy (non-hydrogen) atoms. The molecule has 0 fully saturated rings. The highest BCUT2D eigenvalue weighted by atomic mass is 16.4. The highest BCUT2D eigenvalue weighted by Gasteiger charge is 2.38. The van der Waals surface area contributed by atoms with E-state index >= 15 is 0 Å². The summed E-state index contributed by atoms with van der Waals surface area (Å²) in [5.41, 5.74) is 4.40. The Kier molecular flexibility index (Phi) is 4.74. The first-order valence-electron chi connectivity index (χ1n) is 5.09. The maximum absolute atomic E-state index is 11.8. The van der Waals surface area contributed by atoms with Crippen LogP contribution in [0, 0.1) is 0 Å². The highest BCUT2D eigenvalue weighted by molar-refractivity contribution is 5.88. The predicted molar refractivity (Wildman–Crippen MR) is 57.4 cm³/mol.